The molecule has 1 amide bonds. The van der Waals surface area contributed by atoms with Crippen molar-refractivity contribution in [3.63, 3.8) is 0 Å². The van der Waals surface area contributed by atoms with Gasteiger partial charge >= 0.3 is 0 Å². The van der Waals surface area contributed by atoms with Crippen molar-refractivity contribution in [2.24, 2.45) is 5.92 Å². The highest BCUT2D eigenvalue weighted by Crippen LogP contribution is 2.28. The summed E-state index contributed by atoms with van der Waals surface area (Å²) in [6.07, 6.45) is 1.65. The van der Waals surface area contributed by atoms with E-state index in [1.54, 1.807) is 12.1 Å². The van der Waals surface area contributed by atoms with Crippen LogP contribution in [0, 0.1) is 11.7 Å². The van der Waals surface area contributed by atoms with Crippen molar-refractivity contribution in [3.05, 3.63) is 35.8 Å². The van der Waals surface area contributed by atoms with E-state index in [2.05, 4.69) is 10.3 Å². The van der Waals surface area contributed by atoms with Gasteiger partial charge in [0.05, 0.1) is 12.7 Å². The molecule has 0 saturated heterocycles. The van der Waals surface area contributed by atoms with Crippen LogP contribution in [0.4, 0.5) is 4.39 Å². The fourth-order valence-electron chi connectivity index (χ4n) is 2.26. The molecule has 0 bridgehead atoms. The van der Waals surface area contributed by atoms with E-state index in [0.29, 0.717) is 23.4 Å². The molecule has 22 heavy (non-hydrogen) atoms. The average molecular weight is 306 g/mol. The summed E-state index contributed by atoms with van der Waals surface area (Å²) in [6, 6.07) is 6.10. The van der Waals surface area contributed by atoms with Crippen LogP contribution in [0.3, 0.4) is 0 Å². The van der Waals surface area contributed by atoms with Crippen LogP contribution in [0.25, 0.3) is 10.9 Å². The number of carbonyl (C=O) groups excluding carboxylic acids is 1. The highest BCUT2D eigenvalue weighted by Gasteiger charge is 2.21. The molecular weight excluding hydrogens is 287 g/mol. The number of amides is 1. The number of halogens is 1. The number of aliphatic hydroxyl groups excluding tert-OH is 1. The predicted octanol–water partition coefficient (Wildman–Crippen LogP) is 1.82. The van der Waals surface area contributed by atoms with Crippen LogP contribution >= 0.6 is 0 Å². The first-order valence-corrected chi connectivity index (χ1v) is 7.44. The largest absolute Gasteiger partial charge is 0.389 e. The Morgan fingerprint density at radius 2 is 2.32 bits per heavy atom. The van der Waals surface area contributed by atoms with Gasteiger partial charge in [0.15, 0.2) is 0 Å². The number of benzene rings is 1. The zero-order chi connectivity index (χ0) is 15.5. The molecule has 1 saturated carbocycles. The van der Waals surface area contributed by atoms with Crippen molar-refractivity contribution in [3.8, 4) is 0 Å². The van der Waals surface area contributed by atoms with Crippen LogP contribution in [0.15, 0.2) is 24.3 Å². The number of rotatable bonds is 7. The molecule has 0 spiro atoms. The highest BCUT2D eigenvalue weighted by molar-refractivity contribution is 5.98. The number of hydrogen-bond donors (Lipinski definition) is 3. The van der Waals surface area contributed by atoms with E-state index < -0.39 is 6.10 Å². The summed E-state index contributed by atoms with van der Waals surface area (Å²) in [4.78, 5) is 14.9. The first-order chi connectivity index (χ1) is 10.6. The Kier molecular flexibility index (Phi) is 4.40. The van der Waals surface area contributed by atoms with Gasteiger partial charge in [0, 0.05) is 24.1 Å². The van der Waals surface area contributed by atoms with E-state index in [0.717, 1.165) is 0 Å². The number of carbonyl (C=O) groups is 1. The lowest BCUT2D eigenvalue weighted by Crippen LogP contribution is -2.34. The molecule has 1 aromatic carbocycles. The van der Waals surface area contributed by atoms with Gasteiger partial charge in [0.1, 0.15) is 11.5 Å². The first kappa shape index (κ1) is 15.0. The molecular formula is C16H19FN2O3. The van der Waals surface area contributed by atoms with Crippen LogP contribution in [-0.2, 0) is 4.74 Å². The maximum absolute atomic E-state index is 13.6. The van der Waals surface area contributed by atoms with E-state index in [9.17, 15) is 14.3 Å². The van der Waals surface area contributed by atoms with Gasteiger partial charge in [0.2, 0.25) is 0 Å². The van der Waals surface area contributed by atoms with Crippen LogP contribution in [0.5, 0.6) is 0 Å². The zero-order valence-electron chi connectivity index (χ0n) is 12.1. The molecule has 118 valence electrons. The number of hydrogen-bond acceptors (Lipinski definition) is 3. The van der Waals surface area contributed by atoms with Gasteiger partial charge in [-0.3, -0.25) is 4.79 Å². The smallest absolute Gasteiger partial charge is 0.267 e. The van der Waals surface area contributed by atoms with Crippen LogP contribution in [-0.4, -0.2) is 41.9 Å². The molecule has 1 aliphatic rings. The maximum Gasteiger partial charge on any atom is 0.267 e. The normalized spacial score (nSPS) is 15.9. The second-order valence-electron chi connectivity index (χ2n) is 5.73. The van der Waals surface area contributed by atoms with Crippen molar-refractivity contribution in [1.82, 2.24) is 10.3 Å². The second kappa shape index (κ2) is 6.46. The Bertz CT molecular complexity index is 666. The monoisotopic (exact) mass is 306 g/mol. The number of ether oxygens (including phenoxy) is 1. The SMILES string of the molecule is O=C(NCC(O)COCC1CC1)c1cc2c(F)cccc2[nH]1. The minimum absolute atomic E-state index is 0.0986. The Morgan fingerprint density at radius 3 is 3.05 bits per heavy atom. The summed E-state index contributed by atoms with van der Waals surface area (Å²) in [5.74, 6) is -0.110. The summed E-state index contributed by atoms with van der Waals surface area (Å²) < 4.78 is 18.9. The quantitative estimate of drug-likeness (QED) is 0.730. The summed E-state index contributed by atoms with van der Waals surface area (Å²) in [5.41, 5.74) is 0.838. The number of nitrogens with one attached hydrogen (secondary N) is 2. The molecule has 3 N–H and O–H groups in total. The topological polar surface area (TPSA) is 74.3 Å². The molecule has 1 heterocycles. The Balaban J connectivity index is 1.50. The molecule has 5 nitrogen and oxygen atoms in total. The van der Waals surface area contributed by atoms with Crippen molar-refractivity contribution in [1.29, 1.82) is 0 Å². The van der Waals surface area contributed by atoms with Crippen molar-refractivity contribution < 1.29 is 19.0 Å². The number of aromatic amines is 1. The van der Waals surface area contributed by atoms with Gasteiger partial charge < -0.3 is 20.1 Å². The fourth-order valence-corrected chi connectivity index (χ4v) is 2.26. The van der Waals surface area contributed by atoms with E-state index >= 15 is 0 Å². The minimum Gasteiger partial charge on any atom is -0.389 e. The number of aromatic nitrogens is 1. The third-order valence-corrected chi connectivity index (χ3v) is 3.71. The van der Waals surface area contributed by atoms with Gasteiger partial charge in [-0.1, -0.05) is 6.07 Å². The van der Waals surface area contributed by atoms with E-state index in [1.807, 2.05) is 0 Å². The minimum atomic E-state index is -0.746. The van der Waals surface area contributed by atoms with Crippen molar-refractivity contribution >= 4 is 16.8 Å². The van der Waals surface area contributed by atoms with E-state index in [1.165, 1.54) is 25.0 Å². The van der Waals surface area contributed by atoms with Gasteiger partial charge in [0.25, 0.3) is 5.91 Å². The van der Waals surface area contributed by atoms with Gasteiger partial charge in [-0.25, -0.2) is 4.39 Å². The summed E-state index contributed by atoms with van der Waals surface area (Å²) in [6.45, 7) is 0.978. The number of aliphatic hydroxyl groups is 1. The molecule has 1 unspecified atom stereocenters. The summed E-state index contributed by atoms with van der Waals surface area (Å²) in [5, 5.41) is 12.7. The third-order valence-electron chi connectivity index (χ3n) is 3.71. The first-order valence-electron chi connectivity index (χ1n) is 7.44. The predicted molar refractivity (Wildman–Crippen MR) is 80.1 cm³/mol. The lowest BCUT2D eigenvalue weighted by molar-refractivity contribution is 0.0320. The van der Waals surface area contributed by atoms with Crippen LogP contribution in [0.1, 0.15) is 23.3 Å². The van der Waals surface area contributed by atoms with Gasteiger partial charge in [-0.15, -0.1) is 0 Å². The van der Waals surface area contributed by atoms with Gasteiger partial charge in [-0.05, 0) is 37.0 Å². The van der Waals surface area contributed by atoms with Crippen LogP contribution in [0.2, 0.25) is 0 Å². The summed E-state index contributed by atoms with van der Waals surface area (Å²) in [7, 11) is 0. The fraction of sp³-hybridized carbons (Fsp3) is 0.438. The Labute approximate surface area is 127 Å². The third kappa shape index (κ3) is 3.64. The Hall–Kier alpha value is -1.92. The summed E-state index contributed by atoms with van der Waals surface area (Å²) >= 11 is 0. The van der Waals surface area contributed by atoms with Crippen molar-refractivity contribution in [2.75, 3.05) is 19.8 Å². The highest BCUT2D eigenvalue weighted by atomic mass is 19.1. The van der Waals surface area contributed by atoms with Crippen molar-refractivity contribution in [2.45, 2.75) is 18.9 Å². The molecule has 1 fully saturated rings. The second-order valence-corrected chi connectivity index (χ2v) is 5.73. The lowest BCUT2D eigenvalue weighted by Gasteiger charge is -2.11. The Morgan fingerprint density at radius 1 is 1.50 bits per heavy atom. The zero-order valence-corrected chi connectivity index (χ0v) is 12.1. The molecule has 2 aromatic rings. The number of fused-ring (bicyclic) bond motifs is 1. The molecule has 6 heteroatoms. The standard InChI is InChI=1S/C16H19FN2O3/c17-13-2-1-3-14-12(13)6-15(19-14)16(21)18-7-11(20)9-22-8-10-4-5-10/h1-3,6,10-11,19-20H,4-5,7-9H2,(H,18,21). The lowest BCUT2D eigenvalue weighted by atomic mass is 10.2. The average Bonchev–Trinajstić information content (AvgIpc) is 3.21. The van der Waals surface area contributed by atoms with E-state index in [4.69, 9.17) is 4.74 Å². The molecule has 1 atom stereocenters. The van der Waals surface area contributed by atoms with Crippen LogP contribution < -0.4 is 5.32 Å². The maximum atomic E-state index is 13.6. The molecule has 0 aliphatic heterocycles. The molecule has 1 aromatic heterocycles. The molecule has 0 radical (unpaired) electrons. The van der Waals surface area contributed by atoms with E-state index in [-0.39, 0.29) is 30.6 Å². The molecule has 3 rings (SSSR count). The van der Waals surface area contributed by atoms with Gasteiger partial charge in [-0.2, -0.15) is 0 Å². The number of H-pyrrole nitrogens is 1. The molecule has 1 aliphatic carbocycles.